The number of benzene rings is 1. The molecule has 0 saturated heterocycles. The van der Waals surface area contributed by atoms with Crippen LogP contribution in [0.1, 0.15) is 5.56 Å². The first kappa shape index (κ1) is 8.69. The predicted octanol–water partition coefficient (Wildman–Crippen LogP) is 2.33. The van der Waals surface area contributed by atoms with Crippen LogP contribution in [-0.4, -0.2) is 9.97 Å². The lowest BCUT2D eigenvalue weighted by Crippen LogP contribution is -1.96. The highest BCUT2D eigenvalue weighted by Crippen LogP contribution is 2.15. The van der Waals surface area contributed by atoms with Crippen molar-refractivity contribution in [3.8, 4) is 0 Å². The summed E-state index contributed by atoms with van der Waals surface area (Å²) in [6, 6.07) is 9.90. The number of nitrogens with one attached hydrogen (secondary N) is 1. The van der Waals surface area contributed by atoms with E-state index in [2.05, 4.69) is 21.5 Å². The number of para-hydroxylation sites is 1. The molecule has 0 saturated carbocycles. The van der Waals surface area contributed by atoms with Gasteiger partial charge in [0.15, 0.2) is 0 Å². The van der Waals surface area contributed by atoms with E-state index in [1.54, 1.807) is 0 Å². The first-order valence-corrected chi connectivity index (χ1v) is 4.37. The lowest BCUT2D eigenvalue weighted by Gasteiger charge is -2.06. The summed E-state index contributed by atoms with van der Waals surface area (Å²) >= 11 is 0. The van der Waals surface area contributed by atoms with Crippen molar-refractivity contribution in [2.45, 2.75) is 6.92 Å². The van der Waals surface area contributed by atoms with Gasteiger partial charge in [0.05, 0.1) is 6.20 Å². The second-order valence-corrected chi connectivity index (χ2v) is 2.95. The molecule has 0 amide bonds. The molecule has 0 bridgehead atoms. The van der Waals surface area contributed by atoms with E-state index >= 15 is 0 Å². The monoisotopic (exact) mass is 184 g/mol. The van der Waals surface area contributed by atoms with Crippen LogP contribution in [0.3, 0.4) is 0 Å². The Morgan fingerprint density at radius 3 is 2.71 bits per heavy atom. The topological polar surface area (TPSA) is 37.8 Å². The molecule has 1 radical (unpaired) electrons. The van der Waals surface area contributed by atoms with Gasteiger partial charge in [-0.05, 0) is 19.1 Å². The van der Waals surface area contributed by atoms with Crippen LogP contribution in [0.25, 0.3) is 0 Å². The van der Waals surface area contributed by atoms with Gasteiger partial charge in [-0.25, -0.2) is 9.97 Å². The summed E-state index contributed by atoms with van der Waals surface area (Å²) in [6.45, 7) is 1.92. The predicted molar refractivity (Wildman–Crippen MR) is 55.3 cm³/mol. The molecule has 0 spiro atoms. The first-order chi connectivity index (χ1) is 6.86. The average molecular weight is 184 g/mol. The SMILES string of the molecule is Cc1[c]ncnc1Nc1ccccc1. The summed E-state index contributed by atoms with van der Waals surface area (Å²) < 4.78 is 0. The first-order valence-electron chi connectivity index (χ1n) is 4.37. The van der Waals surface area contributed by atoms with E-state index in [0.29, 0.717) is 0 Å². The molecule has 0 atom stereocenters. The summed E-state index contributed by atoms with van der Waals surface area (Å²) in [5, 5.41) is 3.19. The Labute approximate surface area is 82.8 Å². The van der Waals surface area contributed by atoms with Crippen LogP contribution in [-0.2, 0) is 0 Å². The molecule has 0 aliphatic carbocycles. The fraction of sp³-hybridized carbons (Fsp3) is 0.0909. The maximum atomic E-state index is 4.12. The fourth-order valence-electron chi connectivity index (χ4n) is 1.15. The normalized spacial score (nSPS) is 9.79. The standard InChI is InChI=1S/C11H10N3/c1-9-7-12-8-13-11(9)14-10-5-3-2-4-6-10/h2-6,8H,1H3,(H,12,13,14). The summed E-state index contributed by atoms with van der Waals surface area (Å²) in [5.74, 6) is 0.797. The van der Waals surface area contributed by atoms with E-state index in [1.165, 1.54) is 6.33 Å². The quantitative estimate of drug-likeness (QED) is 0.778. The van der Waals surface area contributed by atoms with Crippen molar-refractivity contribution in [3.63, 3.8) is 0 Å². The molecule has 1 N–H and O–H groups in total. The number of aryl methyl sites for hydroxylation is 1. The number of nitrogens with zero attached hydrogens (tertiary/aromatic N) is 2. The number of rotatable bonds is 2. The molecule has 0 aliphatic heterocycles. The van der Waals surface area contributed by atoms with Crippen molar-refractivity contribution in [1.82, 2.24) is 9.97 Å². The van der Waals surface area contributed by atoms with Crippen LogP contribution in [0.2, 0.25) is 0 Å². The van der Waals surface area contributed by atoms with E-state index < -0.39 is 0 Å². The van der Waals surface area contributed by atoms with Crippen molar-refractivity contribution in [3.05, 3.63) is 48.4 Å². The zero-order chi connectivity index (χ0) is 9.80. The molecule has 0 aliphatic rings. The van der Waals surface area contributed by atoms with E-state index in [1.807, 2.05) is 37.3 Å². The number of hydrogen-bond acceptors (Lipinski definition) is 3. The van der Waals surface area contributed by atoms with Crippen LogP contribution in [0.15, 0.2) is 36.7 Å². The highest BCUT2D eigenvalue weighted by atomic mass is 15.0. The summed E-state index contributed by atoms with van der Waals surface area (Å²) in [7, 11) is 0. The Morgan fingerprint density at radius 1 is 1.21 bits per heavy atom. The maximum absolute atomic E-state index is 4.12. The maximum Gasteiger partial charge on any atom is 0.137 e. The van der Waals surface area contributed by atoms with Gasteiger partial charge in [0.2, 0.25) is 0 Å². The van der Waals surface area contributed by atoms with Gasteiger partial charge < -0.3 is 5.32 Å². The second-order valence-electron chi connectivity index (χ2n) is 2.95. The minimum Gasteiger partial charge on any atom is -0.340 e. The van der Waals surface area contributed by atoms with Crippen molar-refractivity contribution < 1.29 is 0 Å². The highest BCUT2D eigenvalue weighted by Gasteiger charge is 1.98. The lowest BCUT2D eigenvalue weighted by molar-refractivity contribution is 1.12. The van der Waals surface area contributed by atoms with Gasteiger partial charge in [-0.3, -0.25) is 0 Å². The van der Waals surface area contributed by atoms with Crippen molar-refractivity contribution in [2.75, 3.05) is 5.32 Å². The van der Waals surface area contributed by atoms with Gasteiger partial charge in [0, 0.05) is 11.3 Å². The van der Waals surface area contributed by atoms with E-state index in [-0.39, 0.29) is 0 Å². The van der Waals surface area contributed by atoms with Gasteiger partial charge in [0.1, 0.15) is 12.1 Å². The van der Waals surface area contributed by atoms with Crippen LogP contribution < -0.4 is 5.32 Å². The molecule has 2 aromatic rings. The second kappa shape index (κ2) is 3.87. The van der Waals surface area contributed by atoms with Gasteiger partial charge in [0.25, 0.3) is 0 Å². The molecule has 14 heavy (non-hydrogen) atoms. The molecule has 2 rings (SSSR count). The van der Waals surface area contributed by atoms with Crippen LogP contribution in [0.5, 0.6) is 0 Å². The Morgan fingerprint density at radius 2 is 2.00 bits per heavy atom. The summed E-state index contributed by atoms with van der Waals surface area (Å²) in [5.41, 5.74) is 1.93. The Bertz CT molecular complexity index is 412. The zero-order valence-corrected chi connectivity index (χ0v) is 7.86. The Kier molecular flexibility index (Phi) is 2.40. The molecule has 1 aromatic heterocycles. The Balaban J connectivity index is 2.24. The third-order valence-electron chi connectivity index (χ3n) is 1.87. The molecule has 0 fully saturated rings. The molecular weight excluding hydrogens is 174 g/mol. The van der Waals surface area contributed by atoms with Gasteiger partial charge in [-0.15, -0.1) is 0 Å². The van der Waals surface area contributed by atoms with Gasteiger partial charge in [-0.1, -0.05) is 18.2 Å². The fourth-order valence-corrected chi connectivity index (χ4v) is 1.15. The number of hydrogen-bond donors (Lipinski definition) is 1. The third kappa shape index (κ3) is 1.88. The lowest BCUT2D eigenvalue weighted by atomic mass is 10.3. The molecule has 3 heteroatoms. The molecule has 69 valence electrons. The van der Waals surface area contributed by atoms with Crippen molar-refractivity contribution in [1.29, 1.82) is 0 Å². The van der Waals surface area contributed by atoms with E-state index in [4.69, 9.17) is 0 Å². The third-order valence-corrected chi connectivity index (χ3v) is 1.87. The largest absolute Gasteiger partial charge is 0.340 e. The number of anilines is 2. The minimum absolute atomic E-state index is 0.797. The molecule has 3 nitrogen and oxygen atoms in total. The van der Waals surface area contributed by atoms with Crippen LogP contribution >= 0.6 is 0 Å². The summed E-state index contributed by atoms with van der Waals surface area (Å²) in [6.07, 6.45) is 4.33. The Hall–Kier alpha value is -1.90. The molecule has 1 aromatic carbocycles. The van der Waals surface area contributed by atoms with E-state index in [9.17, 15) is 0 Å². The minimum atomic E-state index is 0.797. The highest BCUT2D eigenvalue weighted by molar-refractivity contribution is 5.57. The number of aromatic nitrogens is 2. The van der Waals surface area contributed by atoms with E-state index in [0.717, 1.165) is 17.1 Å². The van der Waals surface area contributed by atoms with Crippen molar-refractivity contribution in [2.24, 2.45) is 0 Å². The smallest absolute Gasteiger partial charge is 0.137 e. The van der Waals surface area contributed by atoms with Crippen LogP contribution in [0, 0.1) is 13.1 Å². The van der Waals surface area contributed by atoms with Crippen LogP contribution in [0.4, 0.5) is 11.5 Å². The summed E-state index contributed by atoms with van der Waals surface area (Å²) in [4.78, 5) is 7.93. The molecule has 0 unspecified atom stereocenters. The van der Waals surface area contributed by atoms with Gasteiger partial charge in [-0.2, -0.15) is 0 Å². The average Bonchev–Trinajstić information content (AvgIpc) is 2.23. The molecule has 1 heterocycles. The van der Waals surface area contributed by atoms with Crippen molar-refractivity contribution >= 4 is 11.5 Å². The van der Waals surface area contributed by atoms with Gasteiger partial charge >= 0.3 is 0 Å². The molecular formula is C11H10N3. The zero-order valence-electron chi connectivity index (χ0n) is 7.86.